The van der Waals surface area contributed by atoms with Crippen LogP contribution in [0, 0.1) is 5.82 Å². The van der Waals surface area contributed by atoms with Gasteiger partial charge in [0.1, 0.15) is 11.6 Å². The number of aromatic nitrogens is 3. The molecule has 0 aliphatic carbocycles. The topological polar surface area (TPSA) is 71.0 Å². The molecule has 26 heavy (non-hydrogen) atoms. The van der Waals surface area contributed by atoms with Crippen molar-refractivity contribution in [3.63, 3.8) is 0 Å². The first-order valence-electron chi connectivity index (χ1n) is 8.05. The van der Waals surface area contributed by atoms with Crippen molar-refractivity contribution in [1.29, 1.82) is 0 Å². The maximum atomic E-state index is 13.0. The zero-order valence-corrected chi connectivity index (χ0v) is 15.0. The van der Waals surface area contributed by atoms with E-state index in [1.807, 2.05) is 18.2 Å². The van der Waals surface area contributed by atoms with E-state index < -0.39 is 0 Å². The Bertz CT molecular complexity index is 854. The summed E-state index contributed by atoms with van der Waals surface area (Å²) in [6.07, 6.45) is 2.22. The number of nitrogens with one attached hydrogen (secondary N) is 1. The molecule has 8 heteroatoms. The summed E-state index contributed by atoms with van der Waals surface area (Å²) in [6, 6.07) is 11.8. The van der Waals surface area contributed by atoms with Crippen LogP contribution in [0.25, 0.3) is 0 Å². The zero-order chi connectivity index (χ0) is 18.4. The van der Waals surface area contributed by atoms with E-state index in [9.17, 15) is 9.18 Å². The third kappa shape index (κ3) is 5.06. The van der Waals surface area contributed by atoms with E-state index in [1.165, 1.54) is 23.7 Å². The number of anilines is 1. The summed E-state index contributed by atoms with van der Waals surface area (Å²) < 4.78 is 17.3. The van der Waals surface area contributed by atoms with E-state index in [1.54, 1.807) is 30.3 Å². The van der Waals surface area contributed by atoms with Gasteiger partial charge in [0.05, 0.1) is 18.8 Å². The molecule has 2 aromatic heterocycles. The molecule has 0 aliphatic heterocycles. The standard InChI is InChI=1S/C18H18FN5OS/c1-24(12-17(25)21-11-15-4-2-3-9-20-15)18-22-16(23-26-18)10-13-5-7-14(19)8-6-13/h2-9H,10-12H2,1H3,(H,21,25). The van der Waals surface area contributed by atoms with Crippen LogP contribution >= 0.6 is 11.5 Å². The molecule has 6 nitrogen and oxygen atoms in total. The molecule has 1 aromatic carbocycles. The fourth-order valence-electron chi connectivity index (χ4n) is 2.29. The Kier molecular flexibility index (Phi) is 5.85. The van der Waals surface area contributed by atoms with Gasteiger partial charge in [-0.3, -0.25) is 9.78 Å². The number of hydrogen-bond acceptors (Lipinski definition) is 6. The van der Waals surface area contributed by atoms with Crippen LogP contribution in [0.4, 0.5) is 9.52 Å². The Morgan fingerprint density at radius 1 is 1.23 bits per heavy atom. The summed E-state index contributed by atoms with van der Waals surface area (Å²) >= 11 is 1.23. The molecule has 1 N–H and O–H groups in total. The number of rotatable bonds is 7. The average Bonchev–Trinajstić information content (AvgIpc) is 3.11. The molecule has 3 aromatic rings. The summed E-state index contributed by atoms with van der Waals surface area (Å²) in [4.78, 5) is 22.4. The minimum absolute atomic E-state index is 0.117. The number of carbonyl (C=O) groups excluding carboxylic acids is 1. The van der Waals surface area contributed by atoms with Gasteiger partial charge in [0.15, 0.2) is 0 Å². The molecular weight excluding hydrogens is 353 g/mol. The van der Waals surface area contributed by atoms with Gasteiger partial charge in [-0.1, -0.05) is 18.2 Å². The van der Waals surface area contributed by atoms with Crippen LogP contribution in [0.2, 0.25) is 0 Å². The van der Waals surface area contributed by atoms with Crippen molar-refractivity contribution in [3.05, 3.63) is 71.6 Å². The summed E-state index contributed by atoms with van der Waals surface area (Å²) in [5.41, 5.74) is 1.74. The molecule has 0 fully saturated rings. The molecule has 0 saturated heterocycles. The second-order valence-electron chi connectivity index (χ2n) is 5.75. The van der Waals surface area contributed by atoms with Gasteiger partial charge in [0, 0.05) is 31.2 Å². The lowest BCUT2D eigenvalue weighted by atomic mass is 10.1. The van der Waals surface area contributed by atoms with Gasteiger partial charge < -0.3 is 10.2 Å². The summed E-state index contributed by atoms with van der Waals surface area (Å²) in [6.45, 7) is 0.567. The molecule has 0 aliphatic rings. The molecule has 0 atom stereocenters. The second-order valence-corrected chi connectivity index (χ2v) is 6.48. The van der Waals surface area contributed by atoms with Crippen molar-refractivity contribution in [2.24, 2.45) is 0 Å². The Morgan fingerprint density at radius 3 is 2.77 bits per heavy atom. The van der Waals surface area contributed by atoms with Gasteiger partial charge in [-0.25, -0.2) is 9.37 Å². The predicted molar refractivity (Wildman–Crippen MR) is 98.5 cm³/mol. The first-order chi connectivity index (χ1) is 12.6. The first kappa shape index (κ1) is 17.9. The monoisotopic (exact) mass is 371 g/mol. The number of carbonyl (C=O) groups is 1. The minimum atomic E-state index is -0.267. The Labute approximate surface area is 154 Å². The predicted octanol–water partition coefficient (Wildman–Crippen LogP) is 2.42. The van der Waals surface area contributed by atoms with Crippen LogP contribution in [0.3, 0.4) is 0 Å². The normalized spacial score (nSPS) is 10.5. The average molecular weight is 371 g/mol. The quantitative estimate of drug-likeness (QED) is 0.691. The van der Waals surface area contributed by atoms with Crippen LogP contribution in [0.5, 0.6) is 0 Å². The highest BCUT2D eigenvalue weighted by atomic mass is 32.1. The largest absolute Gasteiger partial charge is 0.349 e. The van der Waals surface area contributed by atoms with E-state index >= 15 is 0 Å². The third-order valence-electron chi connectivity index (χ3n) is 3.63. The smallest absolute Gasteiger partial charge is 0.239 e. The van der Waals surface area contributed by atoms with Gasteiger partial charge in [-0.15, -0.1) is 0 Å². The van der Waals surface area contributed by atoms with Crippen molar-refractivity contribution in [3.8, 4) is 0 Å². The summed E-state index contributed by atoms with van der Waals surface area (Å²) in [7, 11) is 1.79. The van der Waals surface area contributed by atoms with Gasteiger partial charge >= 0.3 is 0 Å². The van der Waals surface area contributed by atoms with E-state index in [-0.39, 0.29) is 18.3 Å². The highest BCUT2D eigenvalue weighted by Gasteiger charge is 2.13. The molecule has 0 radical (unpaired) electrons. The van der Waals surface area contributed by atoms with Crippen molar-refractivity contribution < 1.29 is 9.18 Å². The molecule has 134 valence electrons. The van der Waals surface area contributed by atoms with Crippen molar-refractivity contribution >= 4 is 22.6 Å². The molecule has 0 saturated carbocycles. The van der Waals surface area contributed by atoms with E-state index in [0.717, 1.165) is 11.3 Å². The maximum absolute atomic E-state index is 13.0. The molecule has 0 bridgehead atoms. The minimum Gasteiger partial charge on any atom is -0.349 e. The lowest BCUT2D eigenvalue weighted by Gasteiger charge is -2.14. The molecule has 3 rings (SSSR count). The highest BCUT2D eigenvalue weighted by molar-refractivity contribution is 7.09. The number of amides is 1. The van der Waals surface area contributed by atoms with Crippen molar-refractivity contribution in [2.75, 3.05) is 18.5 Å². The number of nitrogens with zero attached hydrogens (tertiary/aromatic N) is 4. The second kappa shape index (κ2) is 8.48. The van der Waals surface area contributed by atoms with Crippen LogP contribution < -0.4 is 10.2 Å². The van der Waals surface area contributed by atoms with E-state index in [2.05, 4.69) is 19.7 Å². The lowest BCUT2D eigenvalue weighted by Crippen LogP contribution is -2.34. The number of pyridine rings is 1. The van der Waals surface area contributed by atoms with Crippen molar-refractivity contribution in [1.82, 2.24) is 19.7 Å². The van der Waals surface area contributed by atoms with Gasteiger partial charge in [-0.2, -0.15) is 4.37 Å². The Balaban J connectivity index is 1.51. The number of benzene rings is 1. The van der Waals surface area contributed by atoms with Crippen LogP contribution in [0.1, 0.15) is 17.1 Å². The van der Waals surface area contributed by atoms with E-state index in [4.69, 9.17) is 0 Å². The number of hydrogen-bond donors (Lipinski definition) is 1. The van der Waals surface area contributed by atoms with Gasteiger partial charge in [0.25, 0.3) is 0 Å². The maximum Gasteiger partial charge on any atom is 0.239 e. The van der Waals surface area contributed by atoms with Crippen LogP contribution in [0.15, 0.2) is 48.7 Å². The molecule has 0 unspecified atom stereocenters. The molecule has 1 amide bonds. The van der Waals surface area contributed by atoms with Crippen molar-refractivity contribution in [2.45, 2.75) is 13.0 Å². The molecular formula is C18H18FN5OS. The fraction of sp³-hybridized carbons (Fsp3) is 0.222. The van der Waals surface area contributed by atoms with Crippen LogP contribution in [-0.4, -0.2) is 33.8 Å². The molecule has 2 heterocycles. The third-order valence-corrected chi connectivity index (χ3v) is 4.50. The van der Waals surface area contributed by atoms with E-state index in [0.29, 0.717) is 23.9 Å². The number of halogens is 1. The van der Waals surface area contributed by atoms with Gasteiger partial charge in [0.2, 0.25) is 11.0 Å². The van der Waals surface area contributed by atoms with Gasteiger partial charge in [-0.05, 0) is 29.8 Å². The first-order valence-corrected chi connectivity index (χ1v) is 8.82. The SMILES string of the molecule is CN(CC(=O)NCc1ccccn1)c1nc(Cc2ccc(F)cc2)ns1. The number of likely N-dealkylation sites (N-methyl/N-ethyl adjacent to an activating group) is 1. The molecule has 0 spiro atoms. The Hall–Kier alpha value is -2.87. The fourth-order valence-corrected chi connectivity index (χ4v) is 2.93. The zero-order valence-electron chi connectivity index (χ0n) is 14.2. The van der Waals surface area contributed by atoms with Crippen LogP contribution in [-0.2, 0) is 17.8 Å². The Morgan fingerprint density at radius 2 is 2.04 bits per heavy atom. The lowest BCUT2D eigenvalue weighted by molar-refractivity contribution is -0.119. The summed E-state index contributed by atoms with van der Waals surface area (Å²) in [5.74, 6) is 0.267. The highest BCUT2D eigenvalue weighted by Crippen LogP contribution is 2.17. The summed E-state index contributed by atoms with van der Waals surface area (Å²) in [5, 5.41) is 3.49.